The van der Waals surface area contributed by atoms with Gasteiger partial charge in [-0.2, -0.15) is 16.8 Å². The van der Waals surface area contributed by atoms with Crippen molar-refractivity contribution in [2.75, 3.05) is 33.8 Å². The van der Waals surface area contributed by atoms with Gasteiger partial charge in [-0.1, -0.05) is 0 Å². The van der Waals surface area contributed by atoms with Gasteiger partial charge in [-0.05, 0) is 6.92 Å². The molecule has 0 bridgehead atoms. The maximum atomic E-state index is 9.33. The van der Waals surface area contributed by atoms with E-state index >= 15 is 0 Å². The van der Waals surface area contributed by atoms with E-state index in [9.17, 15) is 8.42 Å². The molecular formula is C8H20NO6S2+. The minimum Gasteiger partial charge on any atom is -0.326 e. The molecule has 0 atom stereocenters. The van der Waals surface area contributed by atoms with Gasteiger partial charge in [-0.25, -0.2) is 0 Å². The van der Waals surface area contributed by atoms with Gasteiger partial charge in [-0.3, -0.25) is 8.74 Å². The first kappa shape index (κ1) is 19.0. The van der Waals surface area contributed by atoms with Crippen LogP contribution in [0.2, 0.25) is 0 Å². The fourth-order valence-corrected chi connectivity index (χ4v) is 1.42. The topological polar surface area (TPSA) is 97.7 Å². The Morgan fingerprint density at radius 3 is 1.71 bits per heavy atom. The Morgan fingerprint density at radius 1 is 1.29 bits per heavy atom. The van der Waals surface area contributed by atoms with Gasteiger partial charge in [0, 0.05) is 12.8 Å². The first-order valence-electron chi connectivity index (χ1n) is 5.03. The molecule has 0 aliphatic carbocycles. The summed E-state index contributed by atoms with van der Waals surface area (Å²) < 4.78 is 47.6. The van der Waals surface area contributed by atoms with Crippen LogP contribution in [0.4, 0.5) is 0 Å². The molecule has 17 heavy (non-hydrogen) atoms. The minimum atomic E-state index is -4.16. The Balaban J connectivity index is 0. The molecule has 7 nitrogen and oxygen atoms in total. The van der Waals surface area contributed by atoms with Crippen molar-refractivity contribution in [3.05, 3.63) is 0 Å². The molecule has 0 radical (unpaired) electrons. The fourth-order valence-electron chi connectivity index (χ4n) is 1.42. The first-order valence-corrected chi connectivity index (χ1v) is 7.06. The van der Waals surface area contributed by atoms with Crippen LogP contribution in [0.15, 0.2) is 0 Å². The van der Waals surface area contributed by atoms with Gasteiger partial charge in [0.2, 0.25) is 0 Å². The third-order valence-electron chi connectivity index (χ3n) is 2.62. The molecule has 1 fully saturated rings. The lowest BCUT2D eigenvalue weighted by Gasteiger charge is -2.26. The number of hydrogen-bond donors (Lipinski definition) is 1. The van der Waals surface area contributed by atoms with Crippen molar-refractivity contribution in [1.29, 1.82) is 0 Å². The Bertz CT molecular complexity index is 317. The average Bonchev–Trinajstić information content (AvgIpc) is 2.67. The number of rotatable bonds is 2. The number of hydrogen-bond acceptors (Lipinski definition) is 5. The van der Waals surface area contributed by atoms with Crippen LogP contribution in [0, 0.1) is 0 Å². The van der Waals surface area contributed by atoms with Gasteiger partial charge in [0.05, 0.1) is 33.8 Å². The molecule has 0 spiro atoms. The molecule has 0 saturated carbocycles. The lowest BCUT2D eigenvalue weighted by atomic mass is 10.4. The molecule has 0 aromatic heterocycles. The normalized spacial score (nSPS) is 17.2. The number of likely N-dealkylation sites (tertiary alicyclic amines) is 1. The highest BCUT2D eigenvalue weighted by molar-refractivity contribution is 7.80. The van der Waals surface area contributed by atoms with E-state index in [0.717, 1.165) is 7.11 Å². The smallest absolute Gasteiger partial charge is 0.326 e. The van der Waals surface area contributed by atoms with Crippen molar-refractivity contribution in [3.8, 4) is 0 Å². The molecule has 9 heteroatoms. The summed E-state index contributed by atoms with van der Waals surface area (Å²) in [5.41, 5.74) is 0. The highest BCUT2D eigenvalue weighted by atomic mass is 32.3. The van der Waals surface area contributed by atoms with E-state index in [1.54, 1.807) is 0 Å². The summed E-state index contributed by atoms with van der Waals surface area (Å²) in [6.45, 7) is 6.43. The van der Waals surface area contributed by atoms with Gasteiger partial charge in [-0.15, -0.1) is 0 Å². The van der Waals surface area contributed by atoms with Gasteiger partial charge in [0.25, 0.3) is 0 Å². The summed E-state index contributed by atoms with van der Waals surface area (Å²) >= 11 is -0.750. The second-order valence-corrected chi connectivity index (χ2v) is 5.08. The van der Waals surface area contributed by atoms with Crippen LogP contribution in [0.25, 0.3) is 0 Å². The lowest BCUT2D eigenvalue weighted by Crippen LogP contribution is -2.40. The third-order valence-corrected chi connectivity index (χ3v) is 3.04. The predicted molar refractivity (Wildman–Crippen MR) is 63.2 cm³/mol. The molecule has 104 valence electrons. The largest absolute Gasteiger partial charge is 0.397 e. The summed E-state index contributed by atoms with van der Waals surface area (Å²) in [5, 5.41) is 0. The van der Waals surface area contributed by atoms with Gasteiger partial charge >= 0.3 is 22.0 Å². The number of quaternary nitrogens is 1. The maximum absolute atomic E-state index is 9.33. The van der Waals surface area contributed by atoms with E-state index in [4.69, 9.17) is 13.0 Å². The molecular weight excluding hydrogens is 270 g/mol. The van der Waals surface area contributed by atoms with E-state index in [0.29, 0.717) is 0 Å². The standard InChI is InChI=1S/C7H16N.CH4O4S.O2S/c1-3-8(2)6-4-5-7-8;1-5-6(2,3)4;1-3-2/h3-7H2,1-2H3;1H3,(H,2,3,4);/q+1;;. The van der Waals surface area contributed by atoms with Crippen molar-refractivity contribution in [2.24, 2.45) is 0 Å². The van der Waals surface area contributed by atoms with E-state index in [1.807, 2.05) is 0 Å². The Labute approximate surface area is 106 Å². The molecule has 1 saturated heterocycles. The first-order chi connectivity index (χ1) is 7.74. The molecule has 1 aliphatic heterocycles. The van der Waals surface area contributed by atoms with Crippen molar-refractivity contribution in [1.82, 2.24) is 0 Å². The zero-order chi connectivity index (χ0) is 13.9. The number of nitrogens with zero attached hydrogens (tertiary/aromatic N) is 1. The van der Waals surface area contributed by atoms with Crippen LogP contribution in [0.1, 0.15) is 19.8 Å². The van der Waals surface area contributed by atoms with E-state index in [1.165, 1.54) is 37.0 Å². The van der Waals surface area contributed by atoms with Crippen molar-refractivity contribution in [3.63, 3.8) is 0 Å². The Kier molecular flexibility index (Phi) is 10.8. The maximum Gasteiger partial charge on any atom is 0.397 e. The summed E-state index contributed by atoms with van der Waals surface area (Å²) in [5.74, 6) is 0. The Hall–Kier alpha value is -0.350. The molecule has 1 N–H and O–H groups in total. The SMILES string of the molecule is CC[N+]1(C)CCCC1.COS(=O)(=O)O.O=S=O. The monoisotopic (exact) mass is 290 g/mol. The van der Waals surface area contributed by atoms with Crippen molar-refractivity contribution in [2.45, 2.75) is 19.8 Å². The molecule has 0 unspecified atom stereocenters. The summed E-state index contributed by atoms with van der Waals surface area (Å²) in [4.78, 5) is 0. The van der Waals surface area contributed by atoms with E-state index in [-0.39, 0.29) is 0 Å². The fraction of sp³-hybridized carbons (Fsp3) is 1.00. The van der Waals surface area contributed by atoms with E-state index in [2.05, 4.69) is 18.2 Å². The molecule has 1 heterocycles. The minimum absolute atomic E-state index is 0.750. The highest BCUT2D eigenvalue weighted by Gasteiger charge is 2.23. The predicted octanol–water partition coefficient (Wildman–Crippen LogP) is 0.0121. The molecule has 0 amide bonds. The van der Waals surface area contributed by atoms with Crippen LogP contribution >= 0.6 is 0 Å². The lowest BCUT2D eigenvalue weighted by molar-refractivity contribution is -0.895. The summed E-state index contributed by atoms with van der Waals surface area (Å²) in [6, 6.07) is 0. The molecule has 1 rings (SSSR count). The van der Waals surface area contributed by atoms with Crippen molar-refractivity contribution >= 4 is 22.0 Å². The second-order valence-electron chi connectivity index (χ2n) is 3.75. The molecule has 0 aromatic rings. The van der Waals surface area contributed by atoms with E-state index < -0.39 is 22.0 Å². The quantitative estimate of drug-likeness (QED) is 0.568. The molecule has 1 aliphatic rings. The zero-order valence-electron chi connectivity index (χ0n) is 10.3. The van der Waals surface area contributed by atoms with Gasteiger partial charge < -0.3 is 4.48 Å². The Morgan fingerprint density at radius 2 is 1.59 bits per heavy atom. The summed E-state index contributed by atoms with van der Waals surface area (Å²) in [6.07, 6.45) is 2.90. The second kappa shape index (κ2) is 9.66. The van der Waals surface area contributed by atoms with Crippen molar-refractivity contribution < 1.29 is 30.1 Å². The zero-order valence-corrected chi connectivity index (χ0v) is 11.9. The third kappa shape index (κ3) is 13.6. The van der Waals surface area contributed by atoms with Crippen LogP contribution in [-0.4, -0.2) is 59.7 Å². The van der Waals surface area contributed by atoms with Crippen LogP contribution in [0.5, 0.6) is 0 Å². The van der Waals surface area contributed by atoms with Gasteiger partial charge in [0.15, 0.2) is 0 Å². The van der Waals surface area contributed by atoms with Crippen LogP contribution in [-0.2, 0) is 26.2 Å². The highest BCUT2D eigenvalue weighted by Crippen LogP contribution is 2.14. The molecule has 0 aromatic carbocycles. The van der Waals surface area contributed by atoms with Crippen LogP contribution < -0.4 is 0 Å². The van der Waals surface area contributed by atoms with Gasteiger partial charge in [0.1, 0.15) is 0 Å². The summed E-state index contributed by atoms with van der Waals surface area (Å²) in [7, 11) is -0.937. The van der Waals surface area contributed by atoms with Crippen LogP contribution in [0.3, 0.4) is 0 Å². The average molecular weight is 290 g/mol.